The van der Waals surface area contributed by atoms with Crippen LogP contribution in [0.25, 0.3) is 16.7 Å². The van der Waals surface area contributed by atoms with Gasteiger partial charge in [-0.1, -0.05) is 29.8 Å². The third-order valence-electron chi connectivity index (χ3n) is 7.46. The smallest absolute Gasteiger partial charge is 0.253 e. The highest BCUT2D eigenvalue weighted by atomic mass is 19.1. The molecule has 41 heavy (non-hydrogen) atoms. The molecule has 208 valence electrons. The second-order valence-electron chi connectivity index (χ2n) is 10.4. The SMILES string of the molecule is Cc1ccc(Cc2nc(N3CCCN(C(=O)c4ccc(F)cc4)CC3)c3c(C)nn(-c4ccc(F)cc4)c3n2)cc1. The lowest BCUT2D eigenvalue weighted by atomic mass is 10.1. The molecule has 0 saturated carbocycles. The van der Waals surface area contributed by atoms with E-state index >= 15 is 0 Å². The van der Waals surface area contributed by atoms with Crippen LogP contribution in [0.1, 0.15) is 39.4 Å². The minimum Gasteiger partial charge on any atom is -0.354 e. The van der Waals surface area contributed by atoms with Gasteiger partial charge >= 0.3 is 0 Å². The highest BCUT2D eigenvalue weighted by Gasteiger charge is 2.25. The van der Waals surface area contributed by atoms with Crippen molar-refractivity contribution in [2.24, 2.45) is 0 Å². The zero-order chi connectivity index (χ0) is 28.5. The number of amides is 1. The van der Waals surface area contributed by atoms with Crippen LogP contribution in [0.5, 0.6) is 0 Å². The minimum atomic E-state index is -0.366. The van der Waals surface area contributed by atoms with Crippen molar-refractivity contribution >= 4 is 22.8 Å². The van der Waals surface area contributed by atoms with Gasteiger partial charge in [0.1, 0.15) is 23.3 Å². The first kappa shape index (κ1) is 26.6. The molecule has 2 aromatic heterocycles. The fourth-order valence-corrected chi connectivity index (χ4v) is 5.27. The third-order valence-corrected chi connectivity index (χ3v) is 7.46. The van der Waals surface area contributed by atoms with E-state index < -0.39 is 0 Å². The fraction of sp³-hybridized carbons (Fsp3) is 0.250. The summed E-state index contributed by atoms with van der Waals surface area (Å²) in [6.07, 6.45) is 1.29. The van der Waals surface area contributed by atoms with Gasteiger partial charge in [-0.3, -0.25) is 4.79 Å². The van der Waals surface area contributed by atoms with Gasteiger partial charge < -0.3 is 9.80 Å². The molecule has 7 nitrogen and oxygen atoms in total. The Labute approximate surface area is 237 Å². The molecule has 3 heterocycles. The number of hydrogen-bond donors (Lipinski definition) is 0. The number of hydrogen-bond acceptors (Lipinski definition) is 5. The number of carbonyl (C=O) groups excluding carboxylic acids is 1. The summed E-state index contributed by atoms with van der Waals surface area (Å²) in [5.41, 5.74) is 4.88. The monoisotopic (exact) mass is 552 g/mol. The maximum absolute atomic E-state index is 13.7. The molecule has 1 fully saturated rings. The van der Waals surface area contributed by atoms with E-state index in [0.29, 0.717) is 55.3 Å². The Bertz CT molecular complexity index is 1700. The molecule has 0 bridgehead atoms. The normalized spacial score (nSPS) is 14.0. The second-order valence-corrected chi connectivity index (χ2v) is 10.4. The summed E-state index contributed by atoms with van der Waals surface area (Å²) in [4.78, 5) is 27.2. The van der Waals surface area contributed by atoms with Crippen LogP contribution in [0.4, 0.5) is 14.6 Å². The highest BCUT2D eigenvalue weighted by molar-refractivity contribution is 5.94. The number of benzene rings is 3. The molecule has 3 aromatic carbocycles. The molecule has 1 aliphatic rings. The van der Waals surface area contributed by atoms with Gasteiger partial charge in [0.15, 0.2) is 5.65 Å². The van der Waals surface area contributed by atoms with Crippen LogP contribution in [-0.4, -0.2) is 56.7 Å². The second kappa shape index (κ2) is 11.1. The van der Waals surface area contributed by atoms with Crippen LogP contribution >= 0.6 is 0 Å². The first-order valence-electron chi connectivity index (χ1n) is 13.7. The average Bonchev–Trinajstić information content (AvgIpc) is 3.14. The molecule has 0 atom stereocenters. The largest absolute Gasteiger partial charge is 0.354 e. The van der Waals surface area contributed by atoms with Crippen LogP contribution in [0.15, 0.2) is 72.8 Å². The van der Waals surface area contributed by atoms with Crippen molar-refractivity contribution < 1.29 is 13.6 Å². The van der Waals surface area contributed by atoms with E-state index in [1.54, 1.807) is 16.8 Å². The van der Waals surface area contributed by atoms with Crippen molar-refractivity contribution in [1.82, 2.24) is 24.6 Å². The minimum absolute atomic E-state index is 0.111. The Hall–Kier alpha value is -4.66. The van der Waals surface area contributed by atoms with E-state index in [2.05, 4.69) is 36.1 Å². The van der Waals surface area contributed by atoms with Gasteiger partial charge in [0.05, 0.1) is 16.8 Å². The number of carbonyl (C=O) groups is 1. The van der Waals surface area contributed by atoms with Crippen molar-refractivity contribution in [3.8, 4) is 5.69 Å². The van der Waals surface area contributed by atoms with E-state index in [-0.39, 0.29) is 17.5 Å². The van der Waals surface area contributed by atoms with Crippen LogP contribution in [0.2, 0.25) is 0 Å². The van der Waals surface area contributed by atoms with Gasteiger partial charge in [0.2, 0.25) is 0 Å². The zero-order valence-electron chi connectivity index (χ0n) is 23.0. The van der Waals surface area contributed by atoms with E-state index in [1.165, 1.54) is 42.0 Å². The first-order chi connectivity index (χ1) is 19.9. The molecule has 0 spiro atoms. The van der Waals surface area contributed by atoms with Crippen LogP contribution in [0.3, 0.4) is 0 Å². The summed E-state index contributed by atoms with van der Waals surface area (Å²) < 4.78 is 28.9. The molecule has 0 aliphatic carbocycles. The zero-order valence-corrected chi connectivity index (χ0v) is 23.0. The number of aryl methyl sites for hydroxylation is 2. The molecule has 9 heteroatoms. The average molecular weight is 553 g/mol. The summed E-state index contributed by atoms with van der Waals surface area (Å²) in [5, 5.41) is 5.62. The number of aromatic nitrogens is 4. The maximum atomic E-state index is 13.7. The van der Waals surface area contributed by atoms with Crippen molar-refractivity contribution in [2.75, 3.05) is 31.1 Å². The molecular formula is C32H30F2N6O. The fourth-order valence-electron chi connectivity index (χ4n) is 5.27. The maximum Gasteiger partial charge on any atom is 0.253 e. The number of anilines is 1. The van der Waals surface area contributed by atoms with E-state index in [1.807, 2.05) is 11.8 Å². The Morgan fingerprint density at radius 3 is 2.20 bits per heavy atom. The number of fused-ring (bicyclic) bond motifs is 1. The van der Waals surface area contributed by atoms with Crippen molar-refractivity contribution in [3.05, 3.63) is 113 Å². The van der Waals surface area contributed by atoms with Gasteiger partial charge in [-0.25, -0.2) is 23.4 Å². The van der Waals surface area contributed by atoms with E-state index in [9.17, 15) is 13.6 Å². The van der Waals surface area contributed by atoms with Gasteiger partial charge in [-0.05, 0) is 74.4 Å². The molecule has 1 amide bonds. The van der Waals surface area contributed by atoms with Gasteiger partial charge in [-0.15, -0.1) is 0 Å². The van der Waals surface area contributed by atoms with Crippen LogP contribution < -0.4 is 4.90 Å². The molecular weight excluding hydrogens is 522 g/mol. The Morgan fingerprint density at radius 2 is 1.49 bits per heavy atom. The van der Waals surface area contributed by atoms with Gasteiger partial charge in [0.25, 0.3) is 5.91 Å². The molecule has 1 saturated heterocycles. The van der Waals surface area contributed by atoms with Crippen LogP contribution in [-0.2, 0) is 6.42 Å². The van der Waals surface area contributed by atoms with Gasteiger partial charge in [0, 0.05) is 38.2 Å². The lowest BCUT2D eigenvalue weighted by Crippen LogP contribution is -2.35. The van der Waals surface area contributed by atoms with E-state index in [4.69, 9.17) is 15.1 Å². The number of halogens is 2. The molecule has 1 aliphatic heterocycles. The number of rotatable bonds is 5. The molecule has 0 unspecified atom stereocenters. The molecule has 6 rings (SSSR count). The topological polar surface area (TPSA) is 67.2 Å². The Morgan fingerprint density at radius 1 is 0.805 bits per heavy atom. The van der Waals surface area contributed by atoms with Crippen LogP contribution in [0, 0.1) is 25.5 Å². The predicted molar refractivity (Wildman–Crippen MR) is 154 cm³/mol. The first-order valence-corrected chi connectivity index (χ1v) is 13.7. The van der Waals surface area contributed by atoms with Crippen molar-refractivity contribution in [3.63, 3.8) is 0 Å². The molecule has 5 aromatic rings. The van der Waals surface area contributed by atoms with Gasteiger partial charge in [-0.2, -0.15) is 5.10 Å². The van der Waals surface area contributed by atoms with E-state index in [0.717, 1.165) is 28.9 Å². The Balaban J connectivity index is 1.38. The molecule has 0 radical (unpaired) electrons. The Kier molecular flexibility index (Phi) is 7.17. The number of nitrogens with zero attached hydrogens (tertiary/aromatic N) is 6. The lowest BCUT2D eigenvalue weighted by Gasteiger charge is -2.24. The summed E-state index contributed by atoms with van der Waals surface area (Å²) in [5.74, 6) is 0.637. The third kappa shape index (κ3) is 5.52. The van der Waals surface area contributed by atoms with Crippen molar-refractivity contribution in [1.29, 1.82) is 0 Å². The summed E-state index contributed by atoms with van der Waals surface area (Å²) in [6.45, 7) is 6.34. The quantitative estimate of drug-likeness (QED) is 0.282. The highest BCUT2D eigenvalue weighted by Crippen LogP contribution is 2.30. The lowest BCUT2D eigenvalue weighted by molar-refractivity contribution is 0.0767. The molecule has 0 N–H and O–H groups in total. The summed E-state index contributed by atoms with van der Waals surface area (Å²) in [6, 6.07) is 20.2. The summed E-state index contributed by atoms with van der Waals surface area (Å²) >= 11 is 0. The predicted octanol–water partition coefficient (Wildman–Crippen LogP) is 5.65. The van der Waals surface area contributed by atoms with Crippen molar-refractivity contribution in [2.45, 2.75) is 26.7 Å². The summed E-state index contributed by atoms with van der Waals surface area (Å²) in [7, 11) is 0. The standard InChI is InChI=1S/C32H30F2N6O/c1-21-4-6-23(7-5-21)20-28-35-30(29-22(2)37-40(31(29)36-28)27-14-12-26(34)13-15-27)38-16-3-17-39(19-18-38)32(41)24-8-10-25(33)11-9-24/h4-15H,3,16-20H2,1-2H3.